The minimum absolute atomic E-state index is 0.0761. The molecular weight excluding hydrogens is 352 g/mol. The van der Waals surface area contributed by atoms with Gasteiger partial charge in [-0.1, -0.05) is 31.7 Å². The summed E-state index contributed by atoms with van der Waals surface area (Å²) in [7, 11) is 0. The summed E-state index contributed by atoms with van der Waals surface area (Å²) >= 11 is 0. The van der Waals surface area contributed by atoms with Gasteiger partial charge in [0.05, 0.1) is 12.7 Å². The fourth-order valence-electron chi connectivity index (χ4n) is 3.63. The van der Waals surface area contributed by atoms with Crippen molar-refractivity contribution < 1.29 is 4.74 Å². The highest BCUT2D eigenvalue weighted by Gasteiger charge is 2.12. The van der Waals surface area contributed by atoms with E-state index >= 15 is 0 Å². The third-order valence-electron chi connectivity index (χ3n) is 5.22. The molecule has 0 atom stereocenters. The summed E-state index contributed by atoms with van der Waals surface area (Å²) in [4.78, 5) is 16.5. The molecule has 158 valence electrons. The first-order valence-corrected chi connectivity index (χ1v) is 11.0. The van der Waals surface area contributed by atoms with Crippen LogP contribution in [-0.2, 0) is 11.3 Å². The van der Waals surface area contributed by atoms with E-state index in [0.717, 1.165) is 57.3 Å². The third-order valence-corrected chi connectivity index (χ3v) is 5.22. The quantitative estimate of drug-likeness (QED) is 0.279. The summed E-state index contributed by atoms with van der Waals surface area (Å²) < 4.78 is 7.86. The Morgan fingerprint density at radius 2 is 1.96 bits per heavy atom. The highest BCUT2D eigenvalue weighted by atomic mass is 16.5. The van der Waals surface area contributed by atoms with E-state index in [0.29, 0.717) is 6.10 Å². The predicted octanol–water partition coefficient (Wildman–Crippen LogP) is 3.23. The molecule has 1 heterocycles. The minimum Gasteiger partial charge on any atom is -0.376 e. The first-order valence-electron chi connectivity index (χ1n) is 11.0. The average Bonchev–Trinajstić information content (AvgIpc) is 2.95. The van der Waals surface area contributed by atoms with E-state index in [4.69, 9.17) is 4.74 Å². The van der Waals surface area contributed by atoms with Crippen molar-refractivity contribution in [2.24, 2.45) is 4.99 Å². The fourth-order valence-corrected chi connectivity index (χ4v) is 3.63. The molecule has 1 aliphatic carbocycles. The van der Waals surface area contributed by atoms with Gasteiger partial charge in [0, 0.05) is 37.9 Å². The normalized spacial score (nSPS) is 16.0. The molecule has 1 aromatic rings. The predicted molar refractivity (Wildman–Crippen MR) is 116 cm³/mol. The maximum Gasteiger partial charge on any atom is 0.250 e. The summed E-state index contributed by atoms with van der Waals surface area (Å²) in [5.41, 5.74) is 1.09. The number of aliphatic imine (C=N–C) groups is 1. The van der Waals surface area contributed by atoms with E-state index in [1.165, 1.54) is 38.5 Å². The lowest BCUT2D eigenvalue weighted by molar-refractivity contribution is 0.0468. The van der Waals surface area contributed by atoms with E-state index in [-0.39, 0.29) is 5.56 Å². The molecule has 1 saturated carbocycles. The second-order valence-corrected chi connectivity index (χ2v) is 7.54. The first kappa shape index (κ1) is 22.5. The van der Waals surface area contributed by atoms with Gasteiger partial charge in [0.25, 0.3) is 5.56 Å². The number of hydrogen-bond donors (Lipinski definition) is 2. The molecule has 0 aliphatic heterocycles. The SMILES string of the molecule is CCNC(=NCCCCn1c(C)cccc1=O)NCCOC1CCCCCC1. The summed E-state index contributed by atoms with van der Waals surface area (Å²) in [6.07, 6.45) is 10.1. The minimum atomic E-state index is 0.0761. The molecule has 1 aliphatic rings. The number of rotatable bonds is 10. The maximum absolute atomic E-state index is 11.9. The number of pyridine rings is 1. The van der Waals surface area contributed by atoms with Crippen LogP contribution in [0.1, 0.15) is 64.0 Å². The monoisotopic (exact) mass is 390 g/mol. The van der Waals surface area contributed by atoms with E-state index in [1.54, 1.807) is 6.07 Å². The van der Waals surface area contributed by atoms with Gasteiger partial charge in [0.15, 0.2) is 5.96 Å². The fraction of sp³-hybridized carbons (Fsp3) is 0.727. The Morgan fingerprint density at radius 1 is 1.18 bits per heavy atom. The van der Waals surface area contributed by atoms with Crippen LogP contribution in [0, 0.1) is 6.92 Å². The number of ether oxygens (including phenoxy) is 1. The molecule has 0 spiro atoms. The zero-order valence-electron chi connectivity index (χ0n) is 17.7. The topological polar surface area (TPSA) is 67.7 Å². The van der Waals surface area contributed by atoms with Gasteiger partial charge in [0.2, 0.25) is 0 Å². The average molecular weight is 391 g/mol. The van der Waals surface area contributed by atoms with E-state index < -0.39 is 0 Å². The summed E-state index contributed by atoms with van der Waals surface area (Å²) in [6, 6.07) is 5.41. The van der Waals surface area contributed by atoms with Gasteiger partial charge in [-0.05, 0) is 45.6 Å². The zero-order chi connectivity index (χ0) is 20.0. The first-order chi connectivity index (χ1) is 13.7. The molecule has 0 bridgehead atoms. The molecule has 0 aromatic carbocycles. The number of aromatic nitrogens is 1. The molecule has 0 unspecified atom stereocenters. The number of aryl methyl sites for hydroxylation is 1. The van der Waals surface area contributed by atoms with Crippen molar-refractivity contribution in [2.75, 3.05) is 26.2 Å². The Balaban J connectivity index is 1.64. The second kappa shape index (κ2) is 13.4. The third kappa shape index (κ3) is 8.46. The van der Waals surface area contributed by atoms with Crippen LogP contribution >= 0.6 is 0 Å². The van der Waals surface area contributed by atoms with Crippen LogP contribution in [0.5, 0.6) is 0 Å². The van der Waals surface area contributed by atoms with Crippen LogP contribution in [0.2, 0.25) is 0 Å². The van der Waals surface area contributed by atoms with Crippen molar-refractivity contribution in [3.05, 3.63) is 34.2 Å². The smallest absolute Gasteiger partial charge is 0.250 e. The standard InChI is InChI=1S/C22H38N4O2/c1-3-23-22(25-16-18-28-20-12-6-4-5-7-13-20)24-15-8-9-17-26-19(2)11-10-14-21(26)27/h10-11,14,20H,3-9,12-13,15-18H2,1-2H3,(H2,23,24,25). The molecule has 0 amide bonds. The summed E-state index contributed by atoms with van der Waals surface area (Å²) in [5, 5.41) is 6.65. The lowest BCUT2D eigenvalue weighted by Gasteiger charge is -2.16. The molecule has 28 heavy (non-hydrogen) atoms. The lowest BCUT2D eigenvalue weighted by atomic mass is 10.1. The Kier molecular flexibility index (Phi) is 10.7. The van der Waals surface area contributed by atoms with Crippen molar-refractivity contribution in [1.82, 2.24) is 15.2 Å². The van der Waals surface area contributed by atoms with Crippen LogP contribution in [0.25, 0.3) is 0 Å². The van der Waals surface area contributed by atoms with E-state index in [1.807, 2.05) is 23.6 Å². The maximum atomic E-state index is 11.9. The van der Waals surface area contributed by atoms with Crippen molar-refractivity contribution in [3.63, 3.8) is 0 Å². The van der Waals surface area contributed by atoms with Crippen molar-refractivity contribution in [2.45, 2.75) is 77.9 Å². The number of hydrogen-bond acceptors (Lipinski definition) is 3. The van der Waals surface area contributed by atoms with Gasteiger partial charge < -0.3 is 19.9 Å². The largest absolute Gasteiger partial charge is 0.376 e. The number of nitrogens with one attached hydrogen (secondary N) is 2. The Morgan fingerprint density at radius 3 is 2.68 bits per heavy atom. The van der Waals surface area contributed by atoms with Gasteiger partial charge in [-0.15, -0.1) is 0 Å². The highest BCUT2D eigenvalue weighted by Crippen LogP contribution is 2.19. The highest BCUT2D eigenvalue weighted by molar-refractivity contribution is 5.79. The van der Waals surface area contributed by atoms with Crippen molar-refractivity contribution in [1.29, 1.82) is 0 Å². The Hall–Kier alpha value is -1.82. The molecule has 1 aromatic heterocycles. The number of unbranched alkanes of at least 4 members (excludes halogenated alkanes) is 1. The molecule has 2 rings (SSSR count). The van der Waals surface area contributed by atoms with Gasteiger partial charge in [-0.3, -0.25) is 9.79 Å². The molecule has 6 heteroatoms. The van der Waals surface area contributed by atoms with Crippen LogP contribution in [0.3, 0.4) is 0 Å². The zero-order valence-corrected chi connectivity index (χ0v) is 17.7. The molecule has 0 radical (unpaired) electrons. The van der Waals surface area contributed by atoms with E-state index in [9.17, 15) is 4.79 Å². The Bertz CT molecular complexity index is 634. The summed E-state index contributed by atoms with van der Waals surface area (Å²) in [5.74, 6) is 0.847. The van der Waals surface area contributed by atoms with Crippen molar-refractivity contribution >= 4 is 5.96 Å². The van der Waals surface area contributed by atoms with Gasteiger partial charge in [0.1, 0.15) is 0 Å². The lowest BCUT2D eigenvalue weighted by Crippen LogP contribution is -2.39. The van der Waals surface area contributed by atoms with Crippen LogP contribution in [0.4, 0.5) is 0 Å². The summed E-state index contributed by atoms with van der Waals surface area (Å²) in [6.45, 7) is 7.90. The molecule has 0 saturated heterocycles. The molecular formula is C22H38N4O2. The Labute approximate surface area is 169 Å². The van der Waals surface area contributed by atoms with Crippen LogP contribution in [0.15, 0.2) is 28.0 Å². The second-order valence-electron chi connectivity index (χ2n) is 7.54. The number of guanidine groups is 1. The molecule has 1 fully saturated rings. The number of nitrogens with zero attached hydrogens (tertiary/aromatic N) is 2. The molecule has 2 N–H and O–H groups in total. The van der Waals surface area contributed by atoms with Crippen LogP contribution < -0.4 is 16.2 Å². The van der Waals surface area contributed by atoms with Crippen molar-refractivity contribution in [3.8, 4) is 0 Å². The van der Waals surface area contributed by atoms with Gasteiger partial charge >= 0.3 is 0 Å². The van der Waals surface area contributed by atoms with Crippen LogP contribution in [-0.4, -0.2) is 42.9 Å². The molecule has 6 nitrogen and oxygen atoms in total. The van der Waals surface area contributed by atoms with Gasteiger partial charge in [-0.2, -0.15) is 0 Å². The van der Waals surface area contributed by atoms with E-state index in [2.05, 4.69) is 22.5 Å². The van der Waals surface area contributed by atoms with Gasteiger partial charge in [-0.25, -0.2) is 0 Å².